The highest BCUT2D eigenvalue weighted by Gasteiger charge is 2.40. The fourth-order valence-corrected chi connectivity index (χ4v) is 2.56. The Morgan fingerprint density at radius 3 is 2.55 bits per heavy atom. The predicted octanol–water partition coefficient (Wildman–Crippen LogP) is 1.61. The summed E-state index contributed by atoms with van der Waals surface area (Å²) in [6.45, 7) is 3.06. The summed E-state index contributed by atoms with van der Waals surface area (Å²) >= 11 is 5.82. The number of carbonyl (C=O) groups is 1. The third-order valence-corrected chi connectivity index (χ3v) is 4.06. The van der Waals surface area contributed by atoms with Gasteiger partial charge in [-0.3, -0.25) is 4.79 Å². The third kappa shape index (κ3) is 2.77. The lowest BCUT2D eigenvalue weighted by Gasteiger charge is -2.38. The molecule has 0 atom stereocenters. The van der Waals surface area contributed by atoms with Crippen molar-refractivity contribution in [1.29, 1.82) is 0 Å². The van der Waals surface area contributed by atoms with Crippen LogP contribution in [0.4, 0.5) is 5.95 Å². The fraction of sp³-hybridized carbons (Fsp3) is 0.667. The number of hydrogen-bond acceptors (Lipinski definition) is 6. The minimum atomic E-state index is -0.731. The van der Waals surface area contributed by atoms with E-state index in [1.165, 1.54) is 7.11 Å². The van der Waals surface area contributed by atoms with Crippen LogP contribution < -0.4 is 9.64 Å². The highest BCUT2D eigenvalue weighted by atomic mass is 35.5. The number of anilines is 1. The normalized spacial score (nSPS) is 17.9. The van der Waals surface area contributed by atoms with Crippen LogP contribution in [-0.2, 0) is 4.79 Å². The molecule has 0 radical (unpaired) electrons. The van der Waals surface area contributed by atoms with Gasteiger partial charge < -0.3 is 14.7 Å². The molecule has 7 nitrogen and oxygen atoms in total. The van der Waals surface area contributed by atoms with Gasteiger partial charge in [0.15, 0.2) is 0 Å². The average molecular weight is 301 g/mol. The molecule has 0 unspecified atom stereocenters. The quantitative estimate of drug-likeness (QED) is 0.903. The van der Waals surface area contributed by atoms with E-state index in [1.54, 1.807) is 0 Å². The van der Waals surface area contributed by atoms with Crippen molar-refractivity contribution in [3.05, 3.63) is 5.28 Å². The maximum Gasteiger partial charge on any atom is 0.322 e. The minimum absolute atomic E-state index is 0.0670. The number of aliphatic carboxylic acids is 1. The molecule has 8 heteroatoms. The first-order valence-corrected chi connectivity index (χ1v) is 6.82. The SMILES string of the molecule is CCC1(C(=O)O)CCN(c2nc(Cl)nc(OC)n2)CC1. The predicted molar refractivity (Wildman–Crippen MR) is 73.2 cm³/mol. The highest BCUT2D eigenvalue weighted by molar-refractivity contribution is 6.28. The molecule has 1 saturated heterocycles. The summed E-state index contributed by atoms with van der Waals surface area (Å²) in [4.78, 5) is 25.3. The molecular formula is C12H17ClN4O3. The molecule has 110 valence electrons. The van der Waals surface area contributed by atoms with Crippen LogP contribution in [0.2, 0.25) is 5.28 Å². The Hall–Kier alpha value is -1.63. The topological polar surface area (TPSA) is 88.4 Å². The lowest BCUT2D eigenvalue weighted by molar-refractivity contribution is -0.150. The molecule has 20 heavy (non-hydrogen) atoms. The van der Waals surface area contributed by atoms with Crippen LogP contribution in [0.15, 0.2) is 0 Å². The minimum Gasteiger partial charge on any atom is -0.481 e. The molecule has 1 aromatic heterocycles. The van der Waals surface area contributed by atoms with Gasteiger partial charge in [-0.15, -0.1) is 0 Å². The summed E-state index contributed by atoms with van der Waals surface area (Å²) < 4.78 is 4.96. The van der Waals surface area contributed by atoms with E-state index in [4.69, 9.17) is 16.3 Å². The van der Waals surface area contributed by atoms with Gasteiger partial charge in [-0.05, 0) is 30.9 Å². The van der Waals surface area contributed by atoms with E-state index >= 15 is 0 Å². The first-order chi connectivity index (χ1) is 9.50. The van der Waals surface area contributed by atoms with Crippen LogP contribution >= 0.6 is 11.6 Å². The van der Waals surface area contributed by atoms with E-state index in [9.17, 15) is 9.90 Å². The van der Waals surface area contributed by atoms with Crippen molar-refractivity contribution in [1.82, 2.24) is 15.0 Å². The number of methoxy groups -OCH3 is 1. The van der Waals surface area contributed by atoms with Crippen molar-refractivity contribution in [3.63, 3.8) is 0 Å². The van der Waals surface area contributed by atoms with Crippen molar-refractivity contribution in [2.45, 2.75) is 26.2 Å². The van der Waals surface area contributed by atoms with E-state index in [2.05, 4.69) is 15.0 Å². The van der Waals surface area contributed by atoms with Crippen LogP contribution in [0, 0.1) is 5.41 Å². The number of carboxylic acids is 1. The van der Waals surface area contributed by atoms with Gasteiger partial charge >= 0.3 is 12.0 Å². The summed E-state index contributed by atoms with van der Waals surface area (Å²) in [6, 6.07) is 0.158. The molecule has 1 aliphatic rings. The second kappa shape index (κ2) is 5.78. The number of ether oxygens (including phenoxy) is 1. The number of aromatic nitrogens is 3. The maximum atomic E-state index is 11.4. The summed E-state index contributed by atoms with van der Waals surface area (Å²) in [5, 5.41) is 9.44. The molecular weight excluding hydrogens is 284 g/mol. The molecule has 0 bridgehead atoms. The smallest absolute Gasteiger partial charge is 0.322 e. The van der Waals surface area contributed by atoms with Gasteiger partial charge in [-0.1, -0.05) is 6.92 Å². The standard InChI is InChI=1S/C12H17ClN4O3/c1-3-12(8(18)19)4-6-17(7-5-12)10-14-9(13)15-11(16-10)20-2/h3-7H2,1-2H3,(H,18,19). The molecule has 0 saturated carbocycles. The van der Waals surface area contributed by atoms with Gasteiger partial charge in [0, 0.05) is 13.1 Å². The lowest BCUT2D eigenvalue weighted by atomic mass is 9.76. The second-order valence-electron chi connectivity index (χ2n) is 4.82. The van der Waals surface area contributed by atoms with Crippen LogP contribution in [0.3, 0.4) is 0 Å². The lowest BCUT2D eigenvalue weighted by Crippen LogP contribution is -2.44. The number of piperidine rings is 1. The first-order valence-electron chi connectivity index (χ1n) is 6.44. The number of carboxylic acid groups (broad SMARTS) is 1. The molecule has 0 spiro atoms. The maximum absolute atomic E-state index is 11.4. The van der Waals surface area contributed by atoms with E-state index in [1.807, 2.05) is 11.8 Å². The van der Waals surface area contributed by atoms with Crippen LogP contribution in [-0.4, -0.2) is 46.2 Å². The Bertz CT molecular complexity index is 503. The first kappa shape index (κ1) is 14.8. The van der Waals surface area contributed by atoms with Crippen molar-refractivity contribution < 1.29 is 14.6 Å². The fourth-order valence-electron chi connectivity index (χ4n) is 2.41. The van der Waals surface area contributed by atoms with Gasteiger partial charge in [0.2, 0.25) is 11.2 Å². The number of hydrogen-bond donors (Lipinski definition) is 1. The molecule has 0 aliphatic carbocycles. The molecule has 1 aliphatic heterocycles. The van der Waals surface area contributed by atoms with Crippen LogP contribution in [0.5, 0.6) is 6.01 Å². The Labute approximate surface area is 122 Å². The molecule has 2 heterocycles. The molecule has 1 N–H and O–H groups in total. The van der Waals surface area contributed by atoms with Crippen molar-refractivity contribution in [3.8, 4) is 6.01 Å². The van der Waals surface area contributed by atoms with Crippen molar-refractivity contribution in [2.75, 3.05) is 25.1 Å². The average Bonchev–Trinajstić information content (AvgIpc) is 2.46. The van der Waals surface area contributed by atoms with E-state index in [0.717, 1.165) is 0 Å². The molecule has 0 aromatic carbocycles. The van der Waals surface area contributed by atoms with Crippen molar-refractivity contribution >= 4 is 23.5 Å². The van der Waals surface area contributed by atoms with E-state index in [0.29, 0.717) is 38.3 Å². The Morgan fingerprint density at radius 2 is 2.05 bits per heavy atom. The highest BCUT2D eigenvalue weighted by Crippen LogP contribution is 2.36. The number of nitrogens with zero attached hydrogens (tertiary/aromatic N) is 4. The van der Waals surface area contributed by atoms with E-state index in [-0.39, 0.29) is 11.3 Å². The molecule has 1 fully saturated rings. The van der Waals surface area contributed by atoms with Gasteiger partial charge in [0.05, 0.1) is 12.5 Å². The Morgan fingerprint density at radius 1 is 1.40 bits per heavy atom. The van der Waals surface area contributed by atoms with Gasteiger partial charge in [-0.2, -0.15) is 15.0 Å². The zero-order valence-electron chi connectivity index (χ0n) is 11.5. The monoisotopic (exact) mass is 300 g/mol. The third-order valence-electron chi connectivity index (χ3n) is 3.89. The number of halogens is 1. The molecule has 2 rings (SSSR count). The second-order valence-corrected chi connectivity index (χ2v) is 5.16. The summed E-state index contributed by atoms with van der Waals surface area (Å²) in [5.74, 6) is -0.303. The largest absolute Gasteiger partial charge is 0.481 e. The zero-order chi connectivity index (χ0) is 14.8. The van der Waals surface area contributed by atoms with Gasteiger partial charge in [0.1, 0.15) is 0 Å². The number of rotatable bonds is 4. The molecule has 0 amide bonds. The summed E-state index contributed by atoms with van der Waals surface area (Å²) in [7, 11) is 1.46. The van der Waals surface area contributed by atoms with Crippen LogP contribution in [0.25, 0.3) is 0 Å². The zero-order valence-corrected chi connectivity index (χ0v) is 12.2. The summed E-state index contributed by atoms with van der Waals surface area (Å²) in [6.07, 6.45) is 1.74. The Kier molecular flexibility index (Phi) is 4.27. The van der Waals surface area contributed by atoms with Crippen LogP contribution in [0.1, 0.15) is 26.2 Å². The van der Waals surface area contributed by atoms with Crippen molar-refractivity contribution in [2.24, 2.45) is 5.41 Å². The van der Waals surface area contributed by atoms with E-state index < -0.39 is 11.4 Å². The van der Waals surface area contributed by atoms with Gasteiger partial charge in [-0.25, -0.2) is 0 Å². The summed E-state index contributed by atoms with van der Waals surface area (Å²) in [5.41, 5.74) is -0.641. The molecule has 1 aromatic rings. The Balaban J connectivity index is 2.14. The van der Waals surface area contributed by atoms with Gasteiger partial charge in [0.25, 0.3) is 0 Å².